The number of piperazine rings is 1. The van der Waals surface area contributed by atoms with Crippen LogP contribution in [0.4, 0.5) is 0 Å². The second-order valence-corrected chi connectivity index (χ2v) is 6.34. The van der Waals surface area contributed by atoms with E-state index in [0.717, 1.165) is 44.1 Å². The predicted molar refractivity (Wildman–Crippen MR) is 92.2 cm³/mol. The number of hydrogen-bond donors (Lipinski definition) is 0. The van der Waals surface area contributed by atoms with E-state index < -0.39 is 0 Å². The van der Waals surface area contributed by atoms with Gasteiger partial charge in [-0.15, -0.1) is 0 Å². The maximum Gasteiger partial charge on any atom is 0.242 e. The fourth-order valence-corrected chi connectivity index (χ4v) is 3.18. The van der Waals surface area contributed by atoms with Gasteiger partial charge in [0.25, 0.3) is 0 Å². The van der Waals surface area contributed by atoms with Gasteiger partial charge in [0.2, 0.25) is 5.91 Å². The highest BCUT2D eigenvalue weighted by Gasteiger charge is 2.21. The molecule has 1 aliphatic rings. The molecule has 1 aromatic carbocycles. The standard InChI is InChI=1S/C19H25N3O/c1-16-8-9-17(2)22(16)15-19(23)21-12-10-20(11-13-21)14-18-6-4-3-5-7-18/h3-9H,10-15H2,1-2H3. The number of carbonyl (C=O) groups is 1. The summed E-state index contributed by atoms with van der Waals surface area (Å²) in [5.74, 6) is 0.228. The van der Waals surface area contributed by atoms with Crippen molar-refractivity contribution in [2.45, 2.75) is 26.9 Å². The Morgan fingerprint density at radius 1 is 0.913 bits per heavy atom. The summed E-state index contributed by atoms with van der Waals surface area (Å²) in [7, 11) is 0. The molecule has 1 fully saturated rings. The zero-order chi connectivity index (χ0) is 16.2. The van der Waals surface area contributed by atoms with Crippen molar-refractivity contribution in [1.82, 2.24) is 14.4 Å². The van der Waals surface area contributed by atoms with Crippen LogP contribution in [0.5, 0.6) is 0 Å². The summed E-state index contributed by atoms with van der Waals surface area (Å²) in [5.41, 5.74) is 3.64. The summed E-state index contributed by atoms with van der Waals surface area (Å²) in [6.07, 6.45) is 0. The van der Waals surface area contributed by atoms with Crippen LogP contribution < -0.4 is 0 Å². The molecule has 1 aliphatic heterocycles. The quantitative estimate of drug-likeness (QED) is 0.868. The van der Waals surface area contributed by atoms with Gasteiger partial charge in [0.15, 0.2) is 0 Å². The molecule has 0 spiro atoms. The summed E-state index contributed by atoms with van der Waals surface area (Å²) in [4.78, 5) is 16.9. The minimum atomic E-state index is 0.228. The predicted octanol–water partition coefficient (Wildman–Crippen LogP) is 2.45. The Labute approximate surface area is 138 Å². The molecule has 1 saturated heterocycles. The van der Waals surface area contributed by atoms with Crippen molar-refractivity contribution in [3.8, 4) is 0 Å². The molecule has 2 heterocycles. The van der Waals surface area contributed by atoms with Crippen molar-refractivity contribution in [3.63, 3.8) is 0 Å². The second-order valence-electron chi connectivity index (χ2n) is 6.34. The van der Waals surface area contributed by atoms with Gasteiger partial charge in [-0.05, 0) is 31.5 Å². The molecule has 0 atom stereocenters. The van der Waals surface area contributed by atoms with E-state index in [2.05, 4.69) is 59.7 Å². The van der Waals surface area contributed by atoms with Crippen LogP contribution in [-0.2, 0) is 17.9 Å². The Kier molecular flexibility index (Phi) is 4.82. The SMILES string of the molecule is Cc1ccc(C)n1CC(=O)N1CCN(Cc2ccccc2)CC1. The zero-order valence-corrected chi connectivity index (χ0v) is 14.0. The molecule has 0 saturated carbocycles. The largest absolute Gasteiger partial charge is 0.340 e. The average molecular weight is 311 g/mol. The lowest BCUT2D eigenvalue weighted by Gasteiger charge is -2.35. The van der Waals surface area contributed by atoms with Crippen LogP contribution in [0.15, 0.2) is 42.5 Å². The highest BCUT2D eigenvalue weighted by molar-refractivity contribution is 5.76. The highest BCUT2D eigenvalue weighted by Crippen LogP contribution is 2.11. The molecule has 4 nitrogen and oxygen atoms in total. The van der Waals surface area contributed by atoms with E-state index in [1.807, 2.05) is 11.0 Å². The molecule has 0 radical (unpaired) electrons. The monoisotopic (exact) mass is 311 g/mol. The van der Waals surface area contributed by atoms with Crippen molar-refractivity contribution in [3.05, 3.63) is 59.4 Å². The van der Waals surface area contributed by atoms with E-state index >= 15 is 0 Å². The van der Waals surface area contributed by atoms with Crippen molar-refractivity contribution in [1.29, 1.82) is 0 Å². The van der Waals surface area contributed by atoms with E-state index in [4.69, 9.17) is 0 Å². The molecular weight excluding hydrogens is 286 g/mol. The van der Waals surface area contributed by atoms with Crippen LogP contribution >= 0.6 is 0 Å². The van der Waals surface area contributed by atoms with E-state index in [-0.39, 0.29) is 5.91 Å². The minimum Gasteiger partial charge on any atom is -0.340 e. The second kappa shape index (κ2) is 7.01. The van der Waals surface area contributed by atoms with Gasteiger partial charge in [-0.25, -0.2) is 0 Å². The first-order chi connectivity index (χ1) is 11.1. The molecule has 0 bridgehead atoms. The third kappa shape index (κ3) is 3.82. The summed E-state index contributed by atoms with van der Waals surface area (Å²) >= 11 is 0. The fraction of sp³-hybridized carbons (Fsp3) is 0.421. The maximum atomic E-state index is 12.5. The van der Waals surface area contributed by atoms with Crippen LogP contribution in [0.25, 0.3) is 0 Å². The van der Waals surface area contributed by atoms with Gasteiger partial charge in [-0.2, -0.15) is 0 Å². The van der Waals surface area contributed by atoms with Crippen molar-refractivity contribution >= 4 is 5.91 Å². The smallest absolute Gasteiger partial charge is 0.242 e. The first kappa shape index (κ1) is 15.8. The molecule has 4 heteroatoms. The Hall–Kier alpha value is -2.07. The van der Waals surface area contributed by atoms with Crippen LogP contribution in [0, 0.1) is 13.8 Å². The number of hydrogen-bond acceptors (Lipinski definition) is 2. The topological polar surface area (TPSA) is 28.5 Å². The lowest BCUT2D eigenvalue weighted by Crippen LogP contribution is -2.49. The molecule has 0 unspecified atom stereocenters. The molecule has 0 N–H and O–H groups in total. The van der Waals surface area contributed by atoms with Gasteiger partial charge in [0.05, 0.1) is 0 Å². The fourth-order valence-electron chi connectivity index (χ4n) is 3.18. The number of aryl methyl sites for hydroxylation is 2. The number of carbonyl (C=O) groups excluding carboxylic acids is 1. The third-order valence-electron chi connectivity index (χ3n) is 4.68. The summed E-state index contributed by atoms with van der Waals surface area (Å²) in [6.45, 7) is 9.09. The van der Waals surface area contributed by atoms with Gasteiger partial charge in [0, 0.05) is 44.1 Å². The van der Waals surface area contributed by atoms with Crippen LogP contribution in [0.2, 0.25) is 0 Å². The Bertz CT molecular complexity index is 635. The van der Waals surface area contributed by atoms with E-state index in [1.54, 1.807) is 0 Å². The Balaban J connectivity index is 1.51. The number of nitrogens with zero attached hydrogens (tertiary/aromatic N) is 3. The molecule has 0 aliphatic carbocycles. The van der Waals surface area contributed by atoms with Gasteiger partial charge in [0.1, 0.15) is 6.54 Å². The zero-order valence-electron chi connectivity index (χ0n) is 14.0. The molecular formula is C19H25N3O. The number of amides is 1. The van der Waals surface area contributed by atoms with E-state index in [1.165, 1.54) is 5.56 Å². The van der Waals surface area contributed by atoms with Gasteiger partial charge in [-0.1, -0.05) is 30.3 Å². The Morgan fingerprint density at radius 3 is 2.13 bits per heavy atom. The summed E-state index contributed by atoms with van der Waals surface area (Å²) < 4.78 is 2.10. The summed E-state index contributed by atoms with van der Waals surface area (Å²) in [6, 6.07) is 14.7. The first-order valence-electron chi connectivity index (χ1n) is 8.30. The molecule has 3 rings (SSSR count). The van der Waals surface area contributed by atoms with Crippen LogP contribution in [-0.4, -0.2) is 46.5 Å². The lowest BCUT2D eigenvalue weighted by atomic mass is 10.2. The molecule has 1 aromatic heterocycles. The van der Waals surface area contributed by atoms with Gasteiger partial charge < -0.3 is 9.47 Å². The molecule has 122 valence electrons. The maximum absolute atomic E-state index is 12.5. The number of benzene rings is 1. The van der Waals surface area contributed by atoms with E-state index in [0.29, 0.717) is 6.54 Å². The summed E-state index contributed by atoms with van der Waals surface area (Å²) in [5, 5.41) is 0. The van der Waals surface area contributed by atoms with Crippen molar-refractivity contribution in [2.24, 2.45) is 0 Å². The molecule has 2 aromatic rings. The number of aromatic nitrogens is 1. The van der Waals surface area contributed by atoms with Crippen molar-refractivity contribution in [2.75, 3.05) is 26.2 Å². The normalized spacial score (nSPS) is 15.8. The first-order valence-corrected chi connectivity index (χ1v) is 8.30. The molecule has 23 heavy (non-hydrogen) atoms. The van der Waals surface area contributed by atoms with Crippen molar-refractivity contribution < 1.29 is 4.79 Å². The average Bonchev–Trinajstić information content (AvgIpc) is 2.88. The molecule has 1 amide bonds. The van der Waals surface area contributed by atoms with Gasteiger partial charge >= 0.3 is 0 Å². The third-order valence-corrected chi connectivity index (χ3v) is 4.68. The highest BCUT2D eigenvalue weighted by atomic mass is 16.2. The number of rotatable bonds is 4. The van der Waals surface area contributed by atoms with Gasteiger partial charge in [-0.3, -0.25) is 9.69 Å². The van der Waals surface area contributed by atoms with Crippen LogP contribution in [0.3, 0.4) is 0 Å². The van der Waals surface area contributed by atoms with E-state index in [9.17, 15) is 4.79 Å². The Morgan fingerprint density at radius 2 is 1.52 bits per heavy atom. The lowest BCUT2D eigenvalue weighted by molar-refractivity contribution is -0.133. The minimum absolute atomic E-state index is 0.228. The van der Waals surface area contributed by atoms with Crippen LogP contribution in [0.1, 0.15) is 17.0 Å².